The van der Waals surface area contributed by atoms with Gasteiger partial charge >= 0.3 is 0 Å². The number of nitrogens with zero attached hydrogens (tertiary/aromatic N) is 3. The molecule has 0 amide bonds. The molecule has 1 atom stereocenters. The highest BCUT2D eigenvalue weighted by Crippen LogP contribution is 2.17. The molecule has 0 aliphatic heterocycles. The summed E-state index contributed by atoms with van der Waals surface area (Å²) in [6, 6.07) is 3.80. The van der Waals surface area contributed by atoms with E-state index in [-0.39, 0.29) is 0 Å². The van der Waals surface area contributed by atoms with Crippen molar-refractivity contribution in [3.63, 3.8) is 0 Å². The summed E-state index contributed by atoms with van der Waals surface area (Å²) < 4.78 is 0. The third-order valence-corrected chi connectivity index (χ3v) is 3.16. The van der Waals surface area contributed by atoms with E-state index in [9.17, 15) is 5.11 Å². The lowest BCUT2D eigenvalue weighted by atomic mass is 10.2. The van der Waals surface area contributed by atoms with E-state index in [0.29, 0.717) is 5.69 Å². The van der Waals surface area contributed by atoms with Crippen molar-refractivity contribution in [3.05, 3.63) is 40.6 Å². The van der Waals surface area contributed by atoms with Crippen molar-refractivity contribution in [1.82, 2.24) is 9.97 Å². The molecule has 0 fully saturated rings. The lowest BCUT2D eigenvalue weighted by Gasteiger charge is -2.18. The normalized spacial score (nSPS) is 12.4. The number of anilines is 1. The number of thiazole rings is 1. The number of aromatic nitrogens is 2. The lowest BCUT2D eigenvalue weighted by molar-refractivity contribution is 0.194. The summed E-state index contributed by atoms with van der Waals surface area (Å²) in [6.45, 7) is 2.47. The molecule has 0 aliphatic carbocycles. The summed E-state index contributed by atoms with van der Waals surface area (Å²) in [4.78, 5) is 10.5. The van der Waals surface area contributed by atoms with E-state index in [1.807, 2.05) is 30.1 Å². The van der Waals surface area contributed by atoms with Crippen molar-refractivity contribution in [3.8, 4) is 0 Å². The standard InChI is InChI=1S/C12H15N3OS/c1-9(16)12-4-3-11(5-13-12)15(2)6-10-7-17-8-14-10/h3-5,7-9,16H,6H2,1-2H3/t9-/m1/s1. The summed E-state index contributed by atoms with van der Waals surface area (Å²) in [7, 11) is 2.00. The van der Waals surface area contributed by atoms with E-state index in [0.717, 1.165) is 17.9 Å². The average molecular weight is 249 g/mol. The molecule has 2 rings (SSSR count). The zero-order chi connectivity index (χ0) is 12.3. The van der Waals surface area contributed by atoms with Crippen LogP contribution in [0.1, 0.15) is 24.4 Å². The molecule has 2 heterocycles. The molecule has 4 nitrogen and oxygen atoms in total. The predicted octanol–water partition coefficient (Wildman–Crippen LogP) is 2.23. The zero-order valence-electron chi connectivity index (χ0n) is 9.87. The van der Waals surface area contributed by atoms with E-state index in [1.165, 1.54) is 0 Å². The van der Waals surface area contributed by atoms with Crippen LogP contribution in [0.25, 0.3) is 0 Å². The summed E-state index contributed by atoms with van der Waals surface area (Å²) in [5, 5.41) is 11.4. The van der Waals surface area contributed by atoms with Gasteiger partial charge in [0.1, 0.15) is 0 Å². The Morgan fingerprint density at radius 1 is 1.41 bits per heavy atom. The molecule has 17 heavy (non-hydrogen) atoms. The third-order valence-electron chi connectivity index (χ3n) is 2.52. The first kappa shape index (κ1) is 12.0. The van der Waals surface area contributed by atoms with Crippen LogP contribution in [-0.2, 0) is 6.54 Å². The monoisotopic (exact) mass is 249 g/mol. The fraction of sp³-hybridized carbons (Fsp3) is 0.333. The first-order valence-electron chi connectivity index (χ1n) is 5.39. The van der Waals surface area contributed by atoms with Gasteiger partial charge in [-0.25, -0.2) is 4.98 Å². The number of aliphatic hydroxyl groups excluding tert-OH is 1. The second-order valence-corrected chi connectivity index (χ2v) is 4.67. The van der Waals surface area contributed by atoms with Crippen molar-refractivity contribution >= 4 is 17.0 Å². The number of rotatable bonds is 4. The topological polar surface area (TPSA) is 49.2 Å². The van der Waals surface area contributed by atoms with Crippen LogP contribution in [0.4, 0.5) is 5.69 Å². The summed E-state index contributed by atoms with van der Waals surface area (Å²) in [6.07, 6.45) is 1.25. The molecule has 0 saturated carbocycles. The molecule has 0 unspecified atom stereocenters. The highest BCUT2D eigenvalue weighted by Gasteiger charge is 2.06. The van der Waals surface area contributed by atoms with Gasteiger partial charge < -0.3 is 10.0 Å². The molecule has 0 spiro atoms. The molecule has 2 aromatic heterocycles. The fourth-order valence-corrected chi connectivity index (χ4v) is 2.07. The summed E-state index contributed by atoms with van der Waals surface area (Å²) in [5.74, 6) is 0. The van der Waals surface area contributed by atoms with Gasteiger partial charge in [0.05, 0.1) is 41.4 Å². The first-order chi connectivity index (χ1) is 8.16. The van der Waals surface area contributed by atoms with E-state index in [1.54, 1.807) is 24.5 Å². The smallest absolute Gasteiger partial charge is 0.0931 e. The predicted molar refractivity (Wildman–Crippen MR) is 69.1 cm³/mol. The first-order valence-corrected chi connectivity index (χ1v) is 6.33. The number of aliphatic hydroxyl groups is 1. The maximum Gasteiger partial charge on any atom is 0.0931 e. The highest BCUT2D eigenvalue weighted by molar-refractivity contribution is 7.07. The Labute approximate surface area is 105 Å². The van der Waals surface area contributed by atoms with Crippen LogP contribution < -0.4 is 4.90 Å². The Morgan fingerprint density at radius 2 is 2.24 bits per heavy atom. The van der Waals surface area contributed by atoms with E-state index < -0.39 is 6.10 Å². The number of hydrogen-bond donors (Lipinski definition) is 1. The third kappa shape index (κ3) is 3.01. The summed E-state index contributed by atoms with van der Waals surface area (Å²) in [5.41, 5.74) is 4.59. The van der Waals surface area contributed by atoms with Crippen LogP contribution in [-0.4, -0.2) is 22.1 Å². The zero-order valence-corrected chi connectivity index (χ0v) is 10.7. The lowest BCUT2D eigenvalue weighted by Crippen LogP contribution is -2.16. The van der Waals surface area contributed by atoms with Gasteiger partial charge in [-0.1, -0.05) is 0 Å². The Morgan fingerprint density at radius 3 is 2.76 bits per heavy atom. The minimum Gasteiger partial charge on any atom is -0.387 e. The van der Waals surface area contributed by atoms with Crippen molar-refractivity contribution in [2.24, 2.45) is 0 Å². The van der Waals surface area contributed by atoms with E-state index in [2.05, 4.69) is 14.9 Å². The maximum atomic E-state index is 9.38. The molecule has 0 aliphatic rings. The molecule has 5 heteroatoms. The Bertz CT molecular complexity index is 453. The van der Waals surface area contributed by atoms with Gasteiger partial charge in [0.2, 0.25) is 0 Å². The molecular formula is C12H15N3OS. The van der Waals surface area contributed by atoms with Crippen molar-refractivity contribution in [2.45, 2.75) is 19.6 Å². The van der Waals surface area contributed by atoms with Crippen molar-refractivity contribution in [2.75, 3.05) is 11.9 Å². The van der Waals surface area contributed by atoms with Crippen LogP contribution in [0.15, 0.2) is 29.2 Å². The molecule has 0 bridgehead atoms. The van der Waals surface area contributed by atoms with Crippen LogP contribution in [0.2, 0.25) is 0 Å². The average Bonchev–Trinajstić information content (AvgIpc) is 2.82. The number of pyridine rings is 1. The molecule has 0 saturated heterocycles. The van der Waals surface area contributed by atoms with Gasteiger partial charge in [0.15, 0.2) is 0 Å². The SMILES string of the molecule is C[C@@H](O)c1ccc(N(C)Cc2cscn2)cn1. The Hall–Kier alpha value is -1.46. The van der Waals surface area contributed by atoms with E-state index in [4.69, 9.17) is 0 Å². The molecule has 90 valence electrons. The van der Waals surface area contributed by atoms with Gasteiger partial charge in [-0.15, -0.1) is 11.3 Å². The fourth-order valence-electron chi connectivity index (χ4n) is 1.52. The Kier molecular flexibility index (Phi) is 3.71. The largest absolute Gasteiger partial charge is 0.387 e. The number of hydrogen-bond acceptors (Lipinski definition) is 5. The van der Waals surface area contributed by atoms with Gasteiger partial charge in [0.25, 0.3) is 0 Å². The second kappa shape index (κ2) is 5.25. The Balaban J connectivity index is 2.06. The van der Waals surface area contributed by atoms with Gasteiger partial charge in [-0.05, 0) is 19.1 Å². The maximum absolute atomic E-state index is 9.38. The van der Waals surface area contributed by atoms with Crippen molar-refractivity contribution < 1.29 is 5.11 Å². The van der Waals surface area contributed by atoms with Crippen LogP contribution >= 0.6 is 11.3 Å². The van der Waals surface area contributed by atoms with Gasteiger partial charge in [-0.3, -0.25) is 4.98 Å². The van der Waals surface area contributed by atoms with Crippen molar-refractivity contribution in [1.29, 1.82) is 0 Å². The molecule has 0 radical (unpaired) electrons. The van der Waals surface area contributed by atoms with Gasteiger partial charge in [0, 0.05) is 12.4 Å². The molecular weight excluding hydrogens is 234 g/mol. The summed E-state index contributed by atoms with van der Waals surface area (Å²) >= 11 is 1.60. The van der Waals surface area contributed by atoms with Crippen LogP contribution in [0, 0.1) is 0 Å². The second-order valence-electron chi connectivity index (χ2n) is 3.95. The minimum atomic E-state index is -0.520. The van der Waals surface area contributed by atoms with Crippen LogP contribution in [0.5, 0.6) is 0 Å². The highest BCUT2D eigenvalue weighted by atomic mass is 32.1. The van der Waals surface area contributed by atoms with Gasteiger partial charge in [-0.2, -0.15) is 0 Å². The minimum absolute atomic E-state index is 0.520. The molecule has 1 N–H and O–H groups in total. The van der Waals surface area contributed by atoms with Crippen LogP contribution in [0.3, 0.4) is 0 Å². The quantitative estimate of drug-likeness (QED) is 0.902. The van der Waals surface area contributed by atoms with E-state index >= 15 is 0 Å². The molecule has 2 aromatic rings. The molecule has 0 aromatic carbocycles.